The SMILES string of the molecule is COc1ccc(C2C[P-]34(O2)(OC(C(F)(F)F)(C(F)(F)F)c2ccccc23)OC(C(F)(F)F)(C(F)(F)F)c2ccccc24)cc1. The molecule has 0 bridgehead atoms. The number of halogens is 12. The van der Waals surface area contributed by atoms with Crippen molar-refractivity contribution in [1.29, 1.82) is 0 Å². The fourth-order valence-electron chi connectivity index (χ4n) is 6.86. The monoisotopic (exact) mass is 665 g/mol. The van der Waals surface area contributed by atoms with Gasteiger partial charge < -0.3 is 0 Å². The third-order valence-electron chi connectivity index (χ3n) is 8.52. The van der Waals surface area contributed by atoms with Crippen LogP contribution in [0.1, 0.15) is 22.8 Å². The number of rotatable bonds is 2. The Hall–Kier alpha value is -3.07. The predicted octanol–water partition coefficient (Wildman–Crippen LogP) is 7.95. The summed E-state index contributed by atoms with van der Waals surface area (Å²) in [5.74, 6) is 0.235. The van der Waals surface area contributed by atoms with Crippen LogP contribution in [0.3, 0.4) is 0 Å². The predicted molar refractivity (Wildman–Crippen MR) is 131 cm³/mol. The van der Waals surface area contributed by atoms with Crippen LogP contribution in [0, 0.1) is 0 Å². The average molecular weight is 665 g/mol. The Morgan fingerprint density at radius 3 is 1.32 bits per heavy atom. The van der Waals surface area contributed by atoms with Crippen molar-refractivity contribution in [1.82, 2.24) is 0 Å². The minimum atomic E-state index is -7.91. The summed E-state index contributed by atoms with van der Waals surface area (Å²) in [5, 5.41) is -2.67. The molecule has 3 aliphatic rings. The molecule has 1 fully saturated rings. The topological polar surface area (TPSA) is 36.9 Å². The van der Waals surface area contributed by atoms with E-state index >= 15 is 0 Å². The molecule has 17 heteroatoms. The van der Waals surface area contributed by atoms with Crippen molar-refractivity contribution in [2.24, 2.45) is 0 Å². The van der Waals surface area contributed by atoms with Crippen LogP contribution < -0.4 is 15.3 Å². The minimum absolute atomic E-state index is 0.0211. The van der Waals surface area contributed by atoms with E-state index in [-0.39, 0.29) is 23.4 Å². The van der Waals surface area contributed by atoms with Crippen molar-refractivity contribution in [2.75, 3.05) is 13.3 Å². The number of hydrogen-bond acceptors (Lipinski definition) is 4. The van der Waals surface area contributed by atoms with Gasteiger partial charge in [-0.2, -0.15) is 0 Å². The van der Waals surface area contributed by atoms with Gasteiger partial charge in [-0.3, -0.25) is 0 Å². The van der Waals surface area contributed by atoms with Gasteiger partial charge in [0.2, 0.25) is 0 Å². The van der Waals surface area contributed by atoms with Crippen LogP contribution in [0.4, 0.5) is 52.7 Å². The molecule has 3 aromatic rings. The fourth-order valence-corrected chi connectivity index (χ4v) is 14.6. The first-order valence-corrected chi connectivity index (χ1v) is 15.1. The molecule has 3 aliphatic heterocycles. The molecule has 0 aromatic heterocycles. The second-order valence-electron chi connectivity index (χ2n) is 10.7. The van der Waals surface area contributed by atoms with Gasteiger partial charge in [-0.25, -0.2) is 0 Å². The van der Waals surface area contributed by atoms with Crippen LogP contribution in [0.2, 0.25) is 0 Å². The second-order valence-corrected chi connectivity index (χ2v) is 15.8. The molecule has 240 valence electrons. The summed E-state index contributed by atoms with van der Waals surface area (Å²) in [6.45, 7) is -7.91. The second kappa shape index (κ2) is 8.20. The Morgan fingerprint density at radius 2 is 0.977 bits per heavy atom. The van der Waals surface area contributed by atoms with Crippen molar-refractivity contribution >= 4 is 17.2 Å². The Kier molecular flexibility index (Phi) is 5.76. The number of alkyl halides is 12. The zero-order valence-corrected chi connectivity index (χ0v) is 22.7. The number of ether oxygens (including phenoxy) is 1. The van der Waals surface area contributed by atoms with E-state index in [9.17, 15) is 52.7 Å². The molecule has 0 radical (unpaired) electrons. The molecule has 1 unspecified atom stereocenters. The molecule has 1 atom stereocenters. The summed E-state index contributed by atoms with van der Waals surface area (Å²) in [5.41, 5.74) is -14.5. The van der Waals surface area contributed by atoms with E-state index < -0.39 is 76.5 Å². The van der Waals surface area contributed by atoms with Gasteiger partial charge in [0, 0.05) is 0 Å². The molecule has 1 spiro atoms. The van der Waals surface area contributed by atoms with Gasteiger partial charge >= 0.3 is 239 Å². The first-order valence-electron chi connectivity index (χ1n) is 12.5. The van der Waals surface area contributed by atoms with E-state index in [1.807, 2.05) is 0 Å². The van der Waals surface area contributed by atoms with Gasteiger partial charge in [-0.1, -0.05) is 0 Å². The van der Waals surface area contributed by atoms with Gasteiger partial charge in [0.25, 0.3) is 0 Å². The van der Waals surface area contributed by atoms with Gasteiger partial charge in [0.05, 0.1) is 0 Å². The van der Waals surface area contributed by atoms with Crippen molar-refractivity contribution in [3.8, 4) is 5.75 Å². The van der Waals surface area contributed by atoms with E-state index in [0.29, 0.717) is 24.3 Å². The van der Waals surface area contributed by atoms with Crippen molar-refractivity contribution in [2.45, 2.75) is 42.0 Å². The molecular formula is C27H18F12O4P-. The van der Waals surface area contributed by atoms with Crippen molar-refractivity contribution in [3.05, 3.63) is 89.5 Å². The van der Waals surface area contributed by atoms with Gasteiger partial charge in [-0.05, 0) is 0 Å². The molecule has 0 amide bonds. The molecule has 4 nitrogen and oxygen atoms in total. The molecule has 0 saturated carbocycles. The van der Waals surface area contributed by atoms with Gasteiger partial charge in [-0.15, -0.1) is 0 Å². The maximum absolute atomic E-state index is 14.9. The Bertz CT molecular complexity index is 1540. The summed E-state index contributed by atoms with van der Waals surface area (Å²) in [6.07, 6.45) is -29.0. The molecule has 3 aromatic carbocycles. The number of fused-ring (bicyclic) bond motifs is 2. The van der Waals surface area contributed by atoms with Crippen LogP contribution >= 0.6 is 6.63 Å². The van der Waals surface area contributed by atoms with Crippen molar-refractivity contribution in [3.63, 3.8) is 0 Å². The molecule has 0 aliphatic carbocycles. The fraction of sp³-hybridized carbons (Fsp3) is 0.333. The Balaban J connectivity index is 1.80. The quantitative estimate of drug-likeness (QED) is 0.206. The zero-order chi connectivity index (χ0) is 32.5. The third kappa shape index (κ3) is 3.17. The number of benzene rings is 3. The zero-order valence-electron chi connectivity index (χ0n) is 21.8. The molecule has 1 saturated heterocycles. The molecule has 44 heavy (non-hydrogen) atoms. The summed E-state index contributed by atoms with van der Waals surface area (Å²) < 4.78 is 200. The Morgan fingerprint density at radius 1 is 0.614 bits per heavy atom. The summed E-state index contributed by atoms with van der Waals surface area (Å²) in [6, 6.07) is 9.84. The summed E-state index contributed by atoms with van der Waals surface area (Å²) >= 11 is 0. The Labute approximate surface area is 239 Å². The van der Waals surface area contributed by atoms with Crippen LogP contribution in [0.25, 0.3) is 0 Å². The van der Waals surface area contributed by atoms with E-state index in [4.69, 9.17) is 18.3 Å². The van der Waals surface area contributed by atoms with E-state index in [1.54, 1.807) is 0 Å². The first-order chi connectivity index (χ1) is 20.1. The molecular weight excluding hydrogens is 647 g/mol. The molecule has 3 heterocycles. The van der Waals surface area contributed by atoms with E-state index in [1.165, 1.54) is 31.4 Å². The van der Waals surface area contributed by atoms with E-state index in [0.717, 1.165) is 12.1 Å². The summed E-state index contributed by atoms with van der Waals surface area (Å²) in [7, 11) is 1.28. The van der Waals surface area contributed by atoms with Crippen LogP contribution in [0.15, 0.2) is 72.8 Å². The number of hydrogen-bond donors (Lipinski definition) is 0. The van der Waals surface area contributed by atoms with Gasteiger partial charge in [0.15, 0.2) is 0 Å². The van der Waals surface area contributed by atoms with Crippen LogP contribution in [0.5, 0.6) is 5.75 Å². The molecule has 0 N–H and O–H groups in total. The normalized spacial score (nSPS) is 25.6. The van der Waals surface area contributed by atoms with Crippen LogP contribution in [-0.2, 0) is 24.8 Å². The standard InChI is InChI=1S/C27H18F12O4P/c1-40-16-12-10-15(11-13-16)19-14-44(41-19,20-8-4-2-6-17(20)22(42-44,24(28,29)30)25(31,32)33)21-9-5-3-7-18(21)23(43-44,26(34,35)36)27(37,38)39/h2-13,19H,14H2,1H3/q-1. The average Bonchev–Trinajstić information content (AvgIpc) is 3.34. The van der Waals surface area contributed by atoms with Crippen molar-refractivity contribution < 1.29 is 71.0 Å². The molecule has 6 rings (SSSR count). The third-order valence-corrected chi connectivity index (χ3v) is 15.0. The van der Waals surface area contributed by atoms with E-state index in [2.05, 4.69) is 0 Å². The first kappa shape index (κ1) is 30.9. The van der Waals surface area contributed by atoms with Gasteiger partial charge in [0.1, 0.15) is 0 Å². The number of methoxy groups -OCH3 is 1. The van der Waals surface area contributed by atoms with Crippen LogP contribution in [-0.4, -0.2) is 38.0 Å². The summed E-state index contributed by atoms with van der Waals surface area (Å²) in [4.78, 5) is 0. The maximum atomic E-state index is 14.9.